The normalized spacial score (nSPS) is 12.4. The number of rotatable bonds is 14. The van der Waals surface area contributed by atoms with E-state index in [2.05, 4.69) is 0 Å². The van der Waals surface area contributed by atoms with Gasteiger partial charge in [-0.25, -0.2) is 8.78 Å². The number of aliphatic hydroxyl groups is 1. The Morgan fingerprint density at radius 3 is 2.24 bits per heavy atom. The maximum atomic E-state index is 14.1. The molecule has 0 aliphatic carbocycles. The zero-order valence-corrected chi connectivity index (χ0v) is 26.2. The van der Waals surface area contributed by atoms with Crippen LogP contribution in [-0.4, -0.2) is 64.8 Å². The first kappa shape index (κ1) is 34.2. The minimum atomic E-state index is -1.27. The molecule has 1 heterocycles. The third kappa shape index (κ3) is 8.52. The van der Waals surface area contributed by atoms with Crippen molar-refractivity contribution in [2.75, 3.05) is 19.6 Å². The Balaban J connectivity index is 1.66. The molecule has 46 heavy (non-hydrogen) atoms. The largest absolute Gasteiger partial charge is 0.464 e. The van der Waals surface area contributed by atoms with Gasteiger partial charge in [-0.2, -0.15) is 0 Å². The summed E-state index contributed by atoms with van der Waals surface area (Å²) in [6.07, 6.45) is 1.60. The number of hydrogen-bond acceptors (Lipinski definition) is 6. The average molecular weight is 632 g/mol. The molecule has 3 N–H and O–H groups in total. The summed E-state index contributed by atoms with van der Waals surface area (Å²) in [5.74, 6) is -1.76. The number of aldehydes is 1. The van der Waals surface area contributed by atoms with Crippen LogP contribution < -0.4 is 5.73 Å². The highest BCUT2D eigenvalue weighted by Crippen LogP contribution is 2.26. The van der Waals surface area contributed by atoms with Crippen LogP contribution >= 0.6 is 0 Å². The first-order chi connectivity index (χ1) is 22.0. The summed E-state index contributed by atoms with van der Waals surface area (Å²) in [7, 11) is 0. The lowest BCUT2D eigenvalue weighted by molar-refractivity contribution is 0.0554. The molecule has 0 aliphatic rings. The summed E-state index contributed by atoms with van der Waals surface area (Å²) in [6.45, 7) is 6.61. The van der Waals surface area contributed by atoms with Gasteiger partial charge in [0, 0.05) is 55.0 Å². The van der Waals surface area contributed by atoms with E-state index in [9.17, 15) is 28.3 Å². The van der Waals surface area contributed by atoms with Gasteiger partial charge < -0.3 is 25.1 Å². The molecule has 242 valence electrons. The van der Waals surface area contributed by atoms with E-state index >= 15 is 0 Å². The molecule has 10 heteroatoms. The second-order valence-electron chi connectivity index (χ2n) is 11.4. The standard InChI is InChI=1S/C36H39F2N3O5/c1-4-10-40(5-2)35(44)28-12-23(3)13-29(18-28)36(45)41(21-33(43)32(39)17-25-15-30(37)19-31(38)16-25)20-24-7-6-8-26(14-24)34-27(22-42)9-11-46-34/h6-9,11-16,18-19,22,32-33,43H,4-5,10,17,20-21,39H2,1-3H3/t32-,33+/m0/s1. The van der Waals surface area contributed by atoms with Crippen LogP contribution in [0.4, 0.5) is 8.78 Å². The Morgan fingerprint density at radius 2 is 1.61 bits per heavy atom. The van der Waals surface area contributed by atoms with Gasteiger partial charge in [-0.05, 0) is 85.8 Å². The van der Waals surface area contributed by atoms with E-state index in [1.54, 1.807) is 60.4 Å². The number of halogens is 2. The quantitative estimate of drug-likeness (QED) is 0.170. The molecule has 0 aliphatic heterocycles. The molecule has 0 saturated carbocycles. The van der Waals surface area contributed by atoms with Gasteiger partial charge in [0.25, 0.3) is 11.8 Å². The third-order valence-corrected chi connectivity index (χ3v) is 7.70. The highest BCUT2D eigenvalue weighted by atomic mass is 19.1. The van der Waals surface area contributed by atoms with E-state index in [-0.39, 0.29) is 36.5 Å². The maximum Gasteiger partial charge on any atom is 0.254 e. The van der Waals surface area contributed by atoms with Gasteiger partial charge in [0.1, 0.15) is 17.4 Å². The molecule has 0 bridgehead atoms. The zero-order chi connectivity index (χ0) is 33.4. The van der Waals surface area contributed by atoms with Gasteiger partial charge >= 0.3 is 0 Å². The molecular formula is C36H39F2N3O5. The highest BCUT2D eigenvalue weighted by Gasteiger charge is 2.26. The topological polar surface area (TPSA) is 117 Å². The second-order valence-corrected chi connectivity index (χ2v) is 11.4. The lowest BCUT2D eigenvalue weighted by Crippen LogP contribution is -2.46. The molecule has 0 spiro atoms. The van der Waals surface area contributed by atoms with Crippen LogP contribution in [-0.2, 0) is 13.0 Å². The van der Waals surface area contributed by atoms with Gasteiger partial charge in [-0.3, -0.25) is 14.4 Å². The van der Waals surface area contributed by atoms with E-state index < -0.39 is 29.7 Å². The summed E-state index contributed by atoms with van der Waals surface area (Å²) in [4.78, 5) is 42.1. The number of furan rings is 1. The zero-order valence-electron chi connectivity index (χ0n) is 26.2. The number of nitrogens with two attached hydrogens (primary N) is 1. The Morgan fingerprint density at radius 1 is 0.935 bits per heavy atom. The van der Waals surface area contributed by atoms with E-state index in [4.69, 9.17) is 10.2 Å². The van der Waals surface area contributed by atoms with E-state index in [1.165, 1.54) is 11.2 Å². The molecule has 8 nitrogen and oxygen atoms in total. The van der Waals surface area contributed by atoms with E-state index in [0.717, 1.165) is 24.6 Å². The Kier molecular flexibility index (Phi) is 11.6. The SMILES string of the molecule is CCCN(CC)C(=O)c1cc(C)cc(C(=O)N(Cc2cccc(-c3occc3C=O)c2)C[C@@H](O)[C@@H](N)Cc2cc(F)cc(F)c2)c1. The van der Waals surface area contributed by atoms with Crippen molar-refractivity contribution < 1.29 is 32.7 Å². The minimum Gasteiger partial charge on any atom is -0.464 e. The molecule has 2 amide bonds. The van der Waals surface area contributed by atoms with Crippen LogP contribution in [0.5, 0.6) is 0 Å². The molecule has 4 rings (SSSR count). The Bertz CT molecular complexity index is 1670. The van der Waals surface area contributed by atoms with Crippen molar-refractivity contribution in [1.29, 1.82) is 0 Å². The molecule has 1 aromatic heterocycles. The summed E-state index contributed by atoms with van der Waals surface area (Å²) in [5.41, 5.74) is 9.59. The fourth-order valence-corrected chi connectivity index (χ4v) is 5.46. The van der Waals surface area contributed by atoms with Crippen molar-refractivity contribution in [3.05, 3.63) is 118 Å². The van der Waals surface area contributed by atoms with Gasteiger partial charge in [0.2, 0.25) is 0 Å². The predicted octanol–water partition coefficient (Wildman–Crippen LogP) is 5.79. The lowest BCUT2D eigenvalue weighted by atomic mass is 10.00. The van der Waals surface area contributed by atoms with Crippen LogP contribution in [0.2, 0.25) is 0 Å². The van der Waals surface area contributed by atoms with Crippen molar-refractivity contribution in [3.63, 3.8) is 0 Å². The van der Waals surface area contributed by atoms with Crippen LogP contribution in [0.3, 0.4) is 0 Å². The number of amides is 2. The molecule has 0 unspecified atom stereocenters. The first-order valence-corrected chi connectivity index (χ1v) is 15.2. The van der Waals surface area contributed by atoms with Crippen LogP contribution in [0.1, 0.15) is 68.0 Å². The van der Waals surface area contributed by atoms with Crippen molar-refractivity contribution in [3.8, 4) is 11.3 Å². The number of hydrogen-bond donors (Lipinski definition) is 2. The molecule has 2 atom stereocenters. The van der Waals surface area contributed by atoms with E-state index in [0.29, 0.717) is 53.0 Å². The van der Waals surface area contributed by atoms with Crippen molar-refractivity contribution >= 4 is 18.1 Å². The fourth-order valence-electron chi connectivity index (χ4n) is 5.46. The van der Waals surface area contributed by atoms with Gasteiger partial charge in [-0.1, -0.05) is 25.1 Å². The Labute approximate surface area is 267 Å². The number of nitrogens with zero attached hydrogens (tertiary/aromatic N) is 2. The smallest absolute Gasteiger partial charge is 0.254 e. The molecular weight excluding hydrogens is 592 g/mol. The summed E-state index contributed by atoms with van der Waals surface area (Å²) in [5, 5.41) is 11.2. The molecule has 3 aromatic carbocycles. The van der Waals surface area contributed by atoms with Crippen LogP contribution in [0, 0.1) is 18.6 Å². The Hall–Kier alpha value is -4.67. The number of benzene rings is 3. The number of carbonyl (C=O) groups excluding carboxylic acids is 3. The number of aliphatic hydroxyl groups excluding tert-OH is 1. The highest BCUT2D eigenvalue weighted by molar-refractivity contribution is 6.00. The van der Waals surface area contributed by atoms with Crippen molar-refractivity contribution in [2.24, 2.45) is 5.73 Å². The molecule has 0 saturated heterocycles. The summed E-state index contributed by atoms with van der Waals surface area (Å²) >= 11 is 0. The monoisotopic (exact) mass is 631 g/mol. The fraction of sp³-hybridized carbons (Fsp3) is 0.306. The van der Waals surface area contributed by atoms with Crippen LogP contribution in [0.25, 0.3) is 11.3 Å². The second kappa shape index (κ2) is 15.6. The summed E-state index contributed by atoms with van der Waals surface area (Å²) in [6, 6.07) is 15.7. The average Bonchev–Trinajstić information content (AvgIpc) is 3.51. The van der Waals surface area contributed by atoms with Gasteiger partial charge in [0.05, 0.1) is 17.9 Å². The maximum absolute atomic E-state index is 14.1. The van der Waals surface area contributed by atoms with E-state index in [1.807, 2.05) is 13.8 Å². The molecule has 0 radical (unpaired) electrons. The number of aryl methyl sites for hydroxylation is 1. The third-order valence-electron chi connectivity index (χ3n) is 7.70. The van der Waals surface area contributed by atoms with Gasteiger partial charge in [0.15, 0.2) is 6.29 Å². The molecule has 0 fully saturated rings. The van der Waals surface area contributed by atoms with Crippen molar-refractivity contribution in [2.45, 2.75) is 52.3 Å². The van der Waals surface area contributed by atoms with Gasteiger partial charge in [-0.15, -0.1) is 0 Å². The minimum absolute atomic E-state index is 0.0340. The summed E-state index contributed by atoms with van der Waals surface area (Å²) < 4.78 is 33.1. The predicted molar refractivity (Wildman–Crippen MR) is 171 cm³/mol. The van der Waals surface area contributed by atoms with Crippen molar-refractivity contribution in [1.82, 2.24) is 9.80 Å². The lowest BCUT2D eigenvalue weighted by Gasteiger charge is -2.29. The number of carbonyl (C=O) groups is 3. The first-order valence-electron chi connectivity index (χ1n) is 15.2. The van der Waals surface area contributed by atoms with Crippen LogP contribution in [0.15, 0.2) is 77.4 Å². The molecule has 4 aromatic rings.